The monoisotopic (exact) mass is 613 g/mol. The number of aromatic nitrogens is 1. The Bertz CT molecular complexity index is 1360. The Hall–Kier alpha value is -3.66. The predicted octanol–water partition coefficient (Wildman–Crippen LogP) is 5.80. The number of halogens is 2. The first-order valence-corrected chi connectivity index (χ1v) is 14.4. The molecule has 224 valence electrons. The lowest BCUT2D eigenvalue weighted by molar-refractivity contribution is -0.135. The molecule has 42 heavy (non-hydrogen) atoms. The molecule has 0 saturated carbocycles. The minimum absolute atomic E-state index is 0. The van der Waals surface area contributed by atoms with Gasteiger partial charge in [0.25, 0.3) is 11.8 Å². The van der Waals surface area contributed by atoms with Gasteiger partial charge in [0.1, 0.15) is 11.6 Å². The highest BCUT2D eigenvalue weighted by atomic mass is 35.5. The largest absolute Gasteiger partial charge is 0.506 e. The fourth-order valence-corrected chi connectivity index (χ4v) is 5.15. The number of phenolic OH excluding ortho intramolecular Hbond substituents is 1. The van der Waals surface area contributed by atoms with Crippen LogP contribution < -0.4 is 10.6 Å². The van der Waals surface area contributed by atoms with Crippen LogP contribution in [0.4, 0.5) is 11.5 Å². The number of pyridine rings is 1. The highest BCUT2D eigenvalue weighted by molar-refractivity contribution is 6.30. The molecule has 4 rings (SSSR count). The number of anilines is 2. The van der Waals surface area contributed by atoms with Gasteiger partial charge in [-0.25, -0.2) is 4.98 Å². The first-order chi connectivity index (χ1) is 19.8. The molecular formula is C31H37Cl2N5O4. The van der Waals surface area contributed by atoms with E-state index in [0.717, 1.165) is 57.5 Å². The molecule has 0 radical (unpaired) electrons. The summed E-state index contributed by atoms with van der Waals surface area (Å²) in [6.07, 6.45) is 4.06. The quantitative estimate of drug-likeness (QED) is 0.235. The van der Waals surface area contributed by atoms with E-state index in [4.69, 9.17) is 11.6 Å². The van der Waals surface area contributed by atoms with Gasteiger partial charge in [-0.15, -0.1) is 12.4 Å². The summed E-state index contributed by atoms with van der Waals surface area (Å²) in [5, 5.41) is 16.2. The van der Waals surface area contributed by atoms with Gasteiger partial charge in [-0.05, 0) is 80.9 Å². The topological polar surface area (TPSA) is 115 Å². The maximum atomic E-state index is 13.2. The zero-order valence-corrected chi connectivity index (χ0v) is 25.4. The summed E-state index contributed by atoms with van der Waals surface area (Å²) >= 11 is 5.85. The summed E-state index contributed by atoms with van der Waals surface area (Å²) in [4.78, 5) is 47.6. The molecule has 2 heterocycles. The van der Waals surface area contributed by atoms with Crippen molar-refractivity contribution in [1.29, 1.82) is 0 Å². The number of piperidine rings is 1. The number of hydrogen-bond acceptors (Lipinski definition) is 6. The second-order valence-corrected chi connectivity index (χ2v) is 10.4. The van der Waals surface area contributed by atoms with Crippen LogP contribution in [-0.4, -0.2) is 70.3 Å². The summed E-state index contributed by atoms with van der Waals surface area (Å²) < 4.78 is 0. The van der Waals surface area contributed by atoms with Crippen molar-refractivity contribution in [3.8, 4) is 5.75 Å². The molecule has 1 saturated heterocycles. The van der Waals surface area contributed by atoms with Crippen molar-refractivity contribution >= 4 is 53.2 Å². The molecule has 1 aromatic heterocycles. The second kappa shape index (κ2) is 15.5. The average molecular weight is 615 g/mol. The van der Waals surface area contributed by atoms with Gasteiger partial charge in [-0.2, -0.15) is 0 Å². The molecule has 3 amide bonds. The van der Waals surface area contributed by atoms with Gasteiger partial charge in [-0.3, -0.25) is 14.4 Å². The van der Waals surface area contributed by atoms with Crippen molar-refractivity contribution < 1.29 is 19.5 Å². The van der Waals surface area contributed by atoms with Crippen molar-refractivity contribution in [3.63, 3.8) is 0 Å². The lowest BCUT2D eigenvalue weighted by Crippen LogP contribution is -2.41. The van der Waals surface area contributed by atoms with Crippen LogP contribution >= 0.6 is 24.0 Å². The fourth-order valence-electron chi connectivity index (χ4n) is 5.04. The summed E-state index contributed by atoms with van der Waals surface area (Å²) in [6.45, 7) is 8.81. The Kier molecular flexibility index (Phi) is 12.2. The maximum Gasteiger partial charge on any atom is 0.259 e. The molecule has 1 aliphatic rings. The van der Waals surface area contributed by atoms with E-state index >= 15 is 0 Å². The first-order valence-electron chi connectivity index (χ1n) is 14.0. The fraction of sp³-hybridized carbons (Fsp3) is 0.355. The summed E-state index contributed by atoms with van der Waals surface area (Å²) in [6, 6.07) is 14.5. The van der Waals surface area contributed by atoms with Crippen molar-refractivity contribution in [3.05, 3.63) is 82.5 Å². The summed E-state index contributed by atoms with van der Waals surface area (Å²) in [5.74, 6) is -1.13. The Balaban J connectivity index is 0.00000484. The number of nitrogens with zero attached hydrogens (tertiary/aromatic N) is 3. The molecule has 1 aliphatic heterocycles. The van der Waals surface area contributed by atoms with E-state index in [0.29, 0.717) is 10.6 Å². The third-order valence-electron chi connectivity index (χ3n) is 7.40. The van der Waals surface area contributed by atoms with Crippen LogP contribution in [0.5, 0.6) is 5.75 Å². The van der Waals surface area contributed by atoms with E-state index in [9.17, 15) is 19.5 Å². The molecule has 0 bridgehead atoms. The number of nitrogens with one attached hydrogen (secondary N) is 2. The minimum atomic E-state index is -0.557. The van der Waals surface area contributed by atoms with Gasteiger partial charge in [0.05, 0.1) is 22.2 Å². The highest BCUT2D eigenvalue weighted by Crippen LogP contribution is 2.30. The summed E-state index contributed by atoms with van der Waals surface area (Å²) in [5.41, 5.74) is 1.26. The average Bonchev–Trinajstić information content (AvgIpc) is 2.98. The molecule has 1 atom stereocenters. The van der Waals surface area contributed by atoms with Crippen molar-refractivity contribution in [2.45, 2.75) is 39.0 Å². The second-order valence-electron chi connectivity index (χ2n) is 9.99. The van der Waals surface area contributed by atoms with Gasteiger partial charge in [0.2, 0.25) is 5.91 Å². The zero-order valence-electron chi connectivity index (χ0n) is 23.8. The van der Waals surface area contributed by atoms with E-state index < -0.39 is 11.8 Å². The molecule has 0 spiro atoms. The molecule has 3 aromatic rings. The van der Waals surface area contributed by atoms with Crippen LogP contribution in [0.3, 0.4) is 0 Å². The molecule has 9 nitrogen and oxygen atoms in total. The lowest BCUT2D eigenvalue weighted by atomic mass is 9.89. The van der Waals surface area contributed by atoms with E-state index in [2.05, 4.69) is 34.4 Å². The smallest absolute Gasteiger partial charge is 0.259 e. The zero-order chi connectivity index (χ0) is 29.4. The van der Waals surface area contributed by atoms with Crippen molar-refractivity contribution in [2.75, 3.05) is 43.4 Å². The Morgan fingerprint density at radius 2 is 1.79 bits per heavy atom. The number of rotatable bonds is 11. The number of hydrogen-bond donors (Lipinski definition) is 3. The first kappa shape index (κ1) is 32.8. The molecule has 0 aliphatic carbocycles. The van der Waals surface area contributed by atoms with E-state index in [-0.39, 0.29) is 47.1 Å². The van der Waals surface area contributed by atoms with Crippen LogP contribution in [0.1, 0.15) is 65.3 Å². The highest BCUT2D eigenvalue weighted by Gasteiger charge is 2.30. The van der Waals surface area contributed by atoms with E-state index in [1.54, 1.807) is 24.3 Å². The number of para-hydroxylation sites is 1. The third-order valence-corrected chi connectivity index (χ3v) is 7.62. The van der Waals surface area contributed by atoms with Crippen molar-refractivity contribution in [1.82, 2.24) is 14.8 Å². The number of aromatic hydroxyl groups is 1. The van der Waals surface area contributed by atoms with E-state index in [1.807, 2.05) is 17.0 Å². The van der Waals surface area contributed by atoms with Crippen LogP contribution in [0.15, 0.2) is 60.8 Å². The Morgan fingerprint density at radius 3 is 2.45 bits per heavy atom. The third kappa shape index (κ3) is 8.21. The summed E-state index contributed by atoms with van der Waals surface area (Å²) in [7, 11) is 0. The van der Waals surface area contributed by atoms with Crippen molar-refractivity contribution in [2.24, 2.45) is 0 Å². The molecular weight excluding hydrogens is 577 g/mol. The number of likely N-dealkylation sites (tertiary alicyclic amines) is 1. The van der Waals surface area contributed by atoms with Gasteiger partial charge < -0.3 is 25.5 Å². The molecule has 1 unspecified atom stereocenters. The Morgan fingerprint density at radius 1 is 1.05 bits per heavy atom. The molecule has 2 aromatic carbocycles. The van der Waals surface area contributed by atoms with Gasteiger partial charge in [-0.1, -0.05) is 43.6 Å². The number of phenols is 1. The molecule has 11 heteroatoms. The number of carbonyl (C=O) groups excluding carboxylic acids is 3. The van der Waals surface area contributed by atoms with E-state index in [1.165, 1.54) is 24.4 Å². The lowest BCUT2D eigenvalue weighted by Gasteiger charge is -2.33. The van der Waals surface area contributed by atoms with Gasteiger partial charge >= 0.3 is 0 Å². The van der Waals surface area contributed by atoms with Crippen LogP contribution in [0, 0.1) is 0 Å². The van der Waals surface area contributed by atoms with Gasteiger partial charge in [0, 0.05) is 24.8 Å². The van der Waals surface area contributed by atoms with Gasteiger partial charge in [0.15, 0.2) is 0 Å². The molecule has 3 N–H and O–H groups in total. The normalized spacial score (nSPS) is 14.8. The maximum absolute atomic E-state index is 13.2. The number of amides is 3. The molecule has 1 fully saturated rings. The number of carbonyl (C=O) groups is 3. The van der Waals surface area contributed by atoms with Crippen LogP contribution in [-0.2, 0) is 4.79 Å². The van der Waals surface area contributed by atoms with Crippen LogP contribution in [0.2, 0.25) is 5.02 Å². The Labute approximate surface area is 257 Å². The standard InChI is InChI=1S/C31H36ClN5O4.ClH/c1-3-36(4-2)17-7-19-37-18-6-9-24(31(37)41)21-11-13-22(14-12-21)29(39)35-28-25(8-5-10-26(28)38)30(40)34-27-16-15-23(32)20-33-27;/h5,8,10-16,20,24,38H,3-4,6-7,9,17-19H2,1-2H3,(H,35,39)(H,33,34,40);1H. The SMILES string of the molecule is CCN(CC)CCCN1CCCC(c2ccc(C(=O)Nc3c(O)cccc3C(=O)Nc3ccc(Cl)cn3)cc2)C1=O.Cl. The minimum Gasteiger partial charge on any atom is -0.506 e. The predicted molar refractivity (Wildman–Crippen MR) is 168 cm³/mol. The number of benzene rings is 2. The van der Waals surface area contributed by atoms with Crippen LogP contribution in [0.25, 0.3) is 0 Å².